The van der Waals surface area contributed by atoms with Crippen molar-refractivity contribution in [3.05, 3.63) is 322 Å². The van der Waals surface area contributed by atoms with E-state index < -0.39 is 46.4 Å². The first-order valence-corrected chi connectivity index (χ1v) is 29.2. The van der Waals surface area contributed by atoms with E-state index in [1.54, 1.807) is 5.38 Å². The summed E-state index contributed by atoms with van der Waals surface area (Å²) in [4.78, 5) is 58.7. The van der Waals surface area contributed by atoms with Crippen molar-refractivity contribution in [1.29, 1.82) is 0 Å². The van der Waals surface area contributed by atoms with Crippen molar-refractivity contribution < 1.29 is 24.0 Å². The maximum absolute atomic E-state index is 15.5. The van der Waals surface area contributed by atoms with Crippen LogP contribution in [-0.2, 0) is 35.1 Å². The summed E-state index contributed by atoms with van der Waals surface area (Å²) in [5.74, 6) is -1.44. The van der Waals surface area contributed by atoms with E-state index in [1.807, 2.05) is 218 Å². The van der Waals surface area contributed by atoms with Gasteiger partial charge in [-0.1, -0.05) is 283 Å². The van der Waals surface area contributed by atoms with Crippen LogP contribution < -0.4 is 10.6 Å². The molecular formula is C66H52IN5O5S2. The normalized spacial score (nSPS) is 15.5. The molecule has 2 atom stereocenters. The molecule has 0 spiro atoms. The van der Waals surface area contributed by atoms with Crippen LogP contribution in [0.1, 0.15) is 56.3 Å². The van der Waals surface area contributed by atoms with Crippen LogP contribution in [0.3, 0.4) is 0 Å². The number of hydrogen-bond donors (Lipinski definition) is 2. The van der Waals surface area contributed by atoms with Crippen molar-refractivity contribution in [3.8, 4) is 0 Å². The Hall–Kier alpha value is -8.37. The molecule has 1 fully saturated rings. The van der Waals surface area contributed by atoms with E-state index in [1.165, 1.54) is 28.0 Å². The van der Waals surface area contributed by atoms with E-state index in [0.717, 1.165) is 44.5 Å². The Morgan fingerprint density at radius 3 is 1.52 bits per heavy atom. The Labute approximate surface area is 481 Å². The zero-order valence-electron chi connectivity index (χ0n) is 42.5. The first-order chi connectivity index (χ1) is 38.9. The first kappa shape index (κ1) is 52.7. The van der Waals surface area contributed by atoms with Crippen LogP contribution in [0.25, 0.3) is 0 Å². The van der Waals surface area contributed by atoms with Gasteiger partial charge in [-0.3, -0.25) is 14.5 Å². The summed E-state index contributed by atoms with van der Waals surface area (Å²) in [6, 6.07) is 77.9. The Bertz CT molecular complexity index is 3400. The molecule has 2 amide bonds. The number of benzene rings is 8. The number of hydrogen-bond acceptors (Lipinski definition) is 10. The third-order valence-electron chi connectivity index (χ3n) is 14.0. The van der Waals surface area contributed by atoms with Crippen molar-refractivity contribution >= 4 is 74.3 Å². The first-order valence-electron chi connectivity index (χ1n) is 25.7. The number of thiazole rings is 1. The number of nitrogens with zero attached hydrogens (tertiary/aromatic N) is 3. The third kappa shape index (κ3) is 10.7. The van der Waals surface area contributed by atoms with Crippen LogP contribution in [0.4, 0.5) is 5.13 Å². The number of anilines is 1. The molecule has 2 aliphatic rings. The summed E-state index contributed by atoms with van der Waals surface area (Å²) in [7, 11) is 0. The molecule has 10 nitrogen and oxygen atoms in total. The van der Waals surface area contributed by atoms with Crippen molar-refractivity contribution in [2.24, 2.45) is 5.16 Å². The van der Waals surface area contributed by atoms with Crippen molar-refractivity contribution in [2.75, 3.05) is 15.5 Å². The average Bonchev–Trinajstić information content (AvgIpc) is 4.13. The van der Waals surface area contributed by atoms with Crippen LogP contribution in [0.2, 0.25) is 0 Å². The number of esters is 1. The van der Waals surface area contributed by atoms with Crippen LogP contribution in [0.15, 0.2) is 277 Å². The number of oxime groups is 1. The number of rotatable bonds is 19. The molecule has 3 heterocycles. The van der Waals surface area contributed by atoms with E-state index in [2.05, 4.69) is 69.6 Å². The zero-order chi connectivity index (χ0) is 54.0. The monoisotopic (exact) mass is 1190 g/mol. The fourth-order valence-electron chi connectivity index (χ4n) is 10.3. The van der Waals surface area contributed by atoms with E-state index in [0.29, 0.717) is 20.9 Å². The molecule has 2 aliphatic heterocycles. The number of nitrogens with one attached hydrogen (secondary N) is 2. The molecule has 11 rings (SSSR count). The fraction of sp³-hybridized carbons (Fsp3) is 0.106. The molecular weight excluding hydrogens is 1130 g/mol. The highest BCUT2D eigenvalue weighted by molar-refractivity contribution is 14.1. The molecule has 0 radical (unpaired) electrons. The second-order valence-corrected chi connectivity index (χ2v) is 21.6. The van der Waals surface area contributed by atoms with Gasteiger partial charge in [0.25, 0.3) is 11.8 Å². The predicted octanol–water partition coefficient (Wildman–Crippen LogP) is 13.2. The fourth-order valence-corrected chi connectivity index (χ4v) is 12.6. The number of alkyl halides is 1. The second-order valence-electron chi connectivity index (χ2n) is 18.7. The third-order valence-corrected chi connectivity index (χ3v) is 16.6. The lowest BCUT2D eigenvalue weighted by Gasteiger charge is -2.49. The highest BCUT2D eigenvalue weighted by atomic mass is 127. The van der Waals surface area contributed by atoms with Gasteiger partial charge in [0.05, 0.1) is 0 Å². The van der Waals surface area contributed by atoms with Gasteiger partial charge in [-0.2, -0.15) is 0 Å². The Balaban J connectivity index is 0.987. The van der Waals surface area contributed by atoms with Crippen LogP contribution >= 0.6 is 45.7 Å². The Morgan fingerprint density at radius 2 is 1.08 bits per heavy atom. The maximum atomic E-state index is 15.5. The summed E-state index contributed by atoms with van der Waals surface area (Å²) in [6.45, 7) is 0. The summed E-state index contributed by atoms with van der Waals surface area (Å²) in [6.07, 6.45) is 3.08. The van der Waals surface area contributed by atoms with Crippen molar-refractivity contribution in [1.82, 2.24) is 15.2 Å². The minimum Gasteiger partial charge on any atom is -0.448 e. The van der Waals surface area contributed by atoms with Gasteiger partial charge in [0.1, 0.15) is 28.3 Å². The van der Waals surface area contributed by atoms with Gasteiger partial charge in [-0.05, 0) is 33.4 Å². The van der Waals surface area contributed by atoms with Crippen LogP contribution in [-0.4, -0.2) is 55.0 Å². The summed E-state index contributed by atoms with van der Waals surface area (Å²) < 4.78 is 7.09. The van der Waals surface area contributed by atoms with Gasteiger partial charge >= 0.3 is 5.97 Å². The highest BCUT2D eigenvalue weighted by Gasteiger charge is 2.55. The van der Waals surface area contributed by atoms with E-state index in [-0.39, 0.29) is 17.1 Å². The molecule has 9 aromatic rings. The average molecular weight is 1190 g/mol. The summed E-state index contributed by atoms with van der Waals surface area (Å²) in [5.41, 5.74) is 5.30. The second kappa shape index (κ2) is 24.1. The van der Waals surface area contributed by atoms with Gasteiger partial charge < -0.3 is 20.2 Å². The topological polar surface area (TPSA) is 122 Å². The van der Waals surface area contributed by atoms with Gasteiger partial charge in [-0.25, -0.2) is 9.78 Å². The molecule has 1 saturated heterocycles. The summed E-state index contributed by atoms with van der Waals surface area (Å²) in [5, 5.41) is 13.4. The van der Waals surface area contributed by atoms with Crippen molar-refractivity contribution in [3.63, 3.8) is 0 Å². The number of halogens is 1. The highest BCUT2D eigenvalue weighted by Crippen LogP contribution is 2.45. The molecule has 79 heavy (non-hydrogen) atoms. The maximum Gasteiger partial charge on any atom is 0.356 e. The minimum absolute atomic E-state index is 0.141. The number of β-lactam (4-membered cyclic amide) rings is 1. The quantitative estimate of drug-likeness (QED) is 0.0156. The largest absolute Gasteiger partial charge is 0.448 e. The number of carbonyl (C=O) groups is 3. The molecule has 0 aliphatic carbocycles. The number of fused-ring (bicyclic) bond motifs is 1. The zero-order valence-corrected chi connectivity index (χ0v) is 46.3. The number of aromatic nitrogens is 1. The van der Waals surface area contributed by atoms with Crippen LogP contribution in [0, 0.1) is 0 Å². The SMILES string of the molecule is O=C(OC(c1ccccc1)c1ccccc1)C1=C(/C=C/CI)CS[C@H]2C(NC(=O)/C(=N\OC(c3ccccc3)(c3ccccc3)c3ccccc3)c3csc(NC(c4ccccc4)(c4ccccc4)c4ccccc4)n3)C(=O)N12. The lowest BCUT2D eigenvalue weighted by atomic mass is 9.77. The lowest BCUT2D eigenvalue weighted by Crippen LogP contribution is -2.71. The number of amides is 2. The van der Waals surface area contributed by atoms with Gasteiger partial charge in [0.2, 0.25) is 5.60 Å². The molecule has 13 heteroatoms. The van der Waals surface area contributed by atoms with Gasteiger partial charge in [-0.15, -0.1) is 23.1 Å². The molecule has 8 aromatic carbocycles. The summed E-state index contributed by atoms with van der Waals surface area (Å²) >= 11 is 5.01. The lowest BCUT2D eigenvalue weighted by molar-refractivity contribution is -0.154. The van der Waals surface area contributed by atoms with Gasteiger partial charge in [0.15, 0.2) is 16.9 Å². The Kier molecular flexibility index (Phi) is 16.1. The number of allylic oxidation sites excluding steroid dienone is 2. The number of ether oxygens (including phenoxy) is 1. The molecule has 1 aromatic heterocycles. The molecule has 390 valence electrons. The number of carbonyl (C=O) groups excluding carboxylic acids is 3. The minimum atomic E-state index is -1.36. The molecule has 2 N–H and O–H groups in total. The van der Waals surface area contributed by atoms with E-state index >= 15 is 4.79 Å². The smallest absolute Gasteiger partial charge is 0.356 e. The molecule has 0 bridgehead atoms. The number of thioether (sulfide) groups is 1. The molecule has 0 saturated carbocycles. The van der Waals surface area contributed by atoms with Gasteiger partial charge in [0, 0.05) is 32.3 Å². The van der Waals surface area contributed by atoms with E-state index in [9.17, 15) is 9.59 Å². The van der Waals surface area contributed by atoms with Crippen LogP contribution in [0.5, 0.6) is 0 Å². The standard InChI is InChI=1S/C66H52IN5O5S2/c67-43-25-30-48-44-78-62-57(61(74)72(62)58(48)63(75)76-59(46-26-9-1-10-27-46)47-28-11-2-12-29-47)69-60(73)56(71-77-66(52-37-19-6-20-38-52,53-39-21-7-22-40-53)54-41-23-8-24-42-54)55-45-79-64(68-55)70-65(49-31-13-3-14-32-49,50-33-15-4-16-34-50)51-35-17-5-18-36-51/h1-42,45,57,59,62H,43-44H2,(H,68,70)(H,69,73)/b30-25+,71-56-/t57?,62-/m0/s1. The van der Waals surface area contributed by atoms with E-state index in [4.69, 9.17) is 19.7 Å². The Morgan fingerprint density at radius 1 is 0.646 bits per heavy atom. The van der Waals surface area contributed by atoms with Crippen molar-refractivity contribution in [2.45, 2.75) is 28.7 Å². The molecule has 1 unspecified atom stereocenters. The predicted molar refractivity (Wildman–Crippen MR) is 323 cm³/mol.